The fraction of sp³-hybridized carbons (Fsp3) is 0.333. The third-order valence-electron chi connectivity index (χ3n) is 0.699. The van der Waals surface area contributed by atoms with Gasteiger partial charge in [-0.05, 0) is 0 Å². The van der Waals surface area contributed by atoms with E-state index < -0.39 is 0 Å². The summed E-state index contributed by atoms with van der Waals surface area (Å²) in [5, 5.41) is 0. The van der Waals surface area contributed by atoms with Crippen LogP contribution in [0, 0.1) is 0 Å². The quantitative estimate of drug-likeness (QED) is 0.596. The Morgan fingerprint density at radius 1 is 1.25 bits per heavy atom. The standard InChI is InChI=1S/C6H10N.Zr/c1-3-5-7-6-4-2;/h3-4H,1-2,5-6H2;/q-1;+1. The van der Waals surface area contributed by atoms with Crippen molar-refractivity contribution in [3.05, 3.63) is 25.3 Å². The van der Waals surface area contributed by atoms with E-state index >= 15 is 0 Å². The summed E-state index contributed by atoms with van der Waals surface area (Å²) in [6, 6.07) is 0. The van der Waals surface area contributed by atoms with Crippen molar-refractivity contribution >= 4 is 0 Å². The third kappa shape index (κ3) is 4.48. The Bertz CT molecular complexity index is 70.6. The zero-order chi connectivity index (χ0) is 6.41. The third-order valence-corrected chi connectivity index (χ3v) is 1.60. The maximum absolute atomic E-state index is 3.62. The Labute approximate surface area is 66.3 Å². The molecule has 0 saturated carbocycles. The van der Waals surface area contributed by atoms with Crippen LogP contribution in [0.3, 0.4) is 0 Å². The van der Waals surface area contributed by atoms with Gasteiger partial charge >= 0.3 is 66.3 Å². The summed E-state index contributed by atoms with van der Waals surface area (Å²) in [6.07, 6.45) is 3.80. The Morgan fingerprint density at radius 2 is 1.62 bits per heavy atom. The molecule has 0 N–H and O–H groups in total. The molecule has 0 aliphatic carbocycles. The van der Waals surface area contributed by atoms with E-state index in [2.05, 4.69) is 16.0 Å². The Morgan fingerprint density at radius 3 is 1.88 bits per heavy atom. The Balaban J connectivity index is 3.16. The van der Waals surface area contributed by atoms with Gasteiger partial charge in [0, 0.05) is 0 Å². The first-order chi connectivity index (χ1) is 3.81. The average molecular weight is 187 g/mol. The molecule has 0 bridgehead atoms. The molecule has 0 rings (SSSR count). The summed E-state index contributed by atoms with van der Waals surface area (Å²) in [7, 11) is 0. The number of hydrogen-bond donors (Lipinski definition) is 0. The Hall–Kier alpha value is 0.323. The van der Waals surface area contributed by atoms with Crippen LogP contribution in [0.25, 0.3) is 0 Å². The molecule has 0 amide bonds. The van der Waals surface area contributed by atoms with Crippen molar-refractivity contribution in [2.24, 2.45) is 0 Å². The minimum atomic E-state index is 0.977. The summed E-state index contributed by atoms with van der Waals surface area (Å²) >= 11 is 1.43. The summed E-state index contributed by atoms with van der Waals surface area (Å²) in [4.78, 5) is 0. The van der Waals surface area contributed by atoms with E-state index in [1.165, 1.54) is 25.0 Å². The normalized spacial score (nSPS) is 9.00. The Kier molecular flexibility index (Phi) is 5.68. The summed E-state index contributed by atoms with van der Waals surface area (Å²) in [5.41, 5.74) is 0. The van der Waals surface area contributed by atoms with Gasteiger partial charge in [0.05, 0.1) is 0 Å². The predicted molar refractivity (Wildman–Crippen MR) is 32.0 cm³/mol. The van der Waals surface area contributed by atoms with Crippen molar-refractivity contribution in [1.29, 1.82) is 0 Å². The van der Waals surface area contributed by atoms with Gasteiger partial charge in [0.25, 0.3) is 0 Å². The molecule has 0 aromatic carbocycles. The van der Waals surface area contributed by atoms with Gasteiger partial charge in [-0.1, -0.05) is 0 Å². The fourth-order valence-electron chi connectivity index (χ4n) is 0.386. The molecule has 0 fully saturated rings. The second kappa shape index (κ2) is 5.46. The average Bonchev–Trinajstić information content (AvgIpc) is 1.68. The molecule has 0 aromatic rings. The first-order valence-corrected chi connectivity index (χ1v) is 3.59. The maximum atomic E-state index is 3.62. The molecule has 2 heteroatoms. The van der Waals surface area contributed by atoms with Crippen LogP contribution < -0.4 is 0 Å². The molecule has 0 spiro atoms. The molecular formula is C6H10NZr. The van der Waals surface area contributed by atoms with Crippen LogP contribution in [0.5, 0.6) is 0 Å². The van der Waals surface area contributed by atoms with Crippen molar-refractivity contribution in [2.45, 2.75) is 0 Å². The molecule has 0 radical (unpaired) electrons. The van der Waals surface area contributed by atoms with Crippen molar-refractivity contribution in [3.8, 4) is 0 Å². The van der Waals surface area contributed by atoms with E-state index in [9.17, 15) is 0 Å². The van der Waals surface area contributed by atoms with E-state index in [4.69, 9.17) is 0 Å². The van der Waals surface area contributed by atoms with Gasteiger partial charge < -0.3 is 0 Å². The SMILES string of the molecule is C=CC[N]([Zr])CC=C. The van der Waals surface area contributed by atoms with Gasteiger partial charge in [-0.3, -0.25) is 0 Å². The van der Waals surface area contributed by atoms with Crippen LogP contribution in [-0.4, -0.2) is 15.9 Å². The first-order valence-electron chi connectivity index (χ1n) is 2.49. The molecular weight excluding hydrogens is 177 g/mol. The van der Waals surface area contributed by atoms with Crippen LogP contribution >= 0.6 is 0 Å². The topological polar surface area (TPSA) is 3.24 Å². The molecule has 0 unspecified atom stereocenters. The molecule has 0 heterocycles. The molecule has 0 saturated heterocycles. The van der Waals surface area contributed by atoms with Crippen molar-refractivity contribution in [3.63, 3.8) is 0 Å². The van der Waals surface area contributed by atoms with Crippen molar-refractivity contribution in [2.75, 3.05) is 13.1 Å². The van der Waals surface area contributed by atoms with Gasteiger partial charge in [0.1, 0.15) is 0 Å². The second-order valence-corrected chi connectivity index (χ2v) is 3.04. The molecule has 0 atom stereocenters. The van der Waals surface area contributed by atoms with E-state index in [1.807, 2.05) is 12.2 Å². The van der Waals surface area contributed by atoms with Crippen LogP contribution in [-0.2, 0) is 25.0 Å². The van der Waals surface area contributed by atoms with E-state index in [0.29, 0.717) is 0 Å². The number of nitrogens with zero attached hydrogens (tertiary/aromatic N) is 1. The molecule has 0 aromatic heterocycles. The van der Waals surface area contributed by atoms with E-state index in [1.54, 1.807) is 0 Å². The van der Waals surface area contributed by atoms with Crippen LogP contribution in [0.4, 0.5) is 0 Å². The molecule has 0 aliphatic rings. The van der Waals surface area contributed by atoms with Gasteiger partial charge in [0.2, 0.25) is 0 Å². The molecule has 8 heavy (non-hydrogen) atoms. The minimum absolute atomic E-state index is 0.977. The zero-order valence-corrected chi connectivity index (χ0v) is 7.39. The summed E-state index contributed by atoms with van der Waals surface area (Å²) < 4.78 is 2.22. The van der Waals surface area contributed by atoms with Crippen LogP contribution in [0.1, 0.15) is 0 Å². The number of rotatable bonds is 4. The van der Waals surface area contributed by atoms with E-state index in [-0.39, 0.29) is 0 Å². The van der Waals surface area contributed by atoms with Crippen LogP contribution in [0.15, 0.2) is 25.3 Å². The molecule has 0 aliphatic heterocycles. The first kappa shape index (κ1) is 8.32. The van der Waals surface area contributed by atoms with Gasteiger partial charge in [-0.2, -0.15) is 0 Å². The summed E-state index contributed by atoms with van der Waals surface area (Å²) in [5.74, 6) is 0. The predicted octanol–water partition coefficient (Wildman–Crippen LogP) is 1.12. The van der Waals surface area contributed by atoms with E-state index in [0.717, 1.165) is 13.1 Å². The van der Waals surface area contributed by atoms with Gasteiger partial charge in [-0.15, -0.1) is 0 Å². The molecule has 1 nitrogen and oxygen atoms in total. The number of hydrogen-bond acceptors (Lipinski definition) is 1. The second-order valence-electron chi connectivity index (χ2n) is 1.48. The van der Waals surface area contributed by atoms with Crippen LogP contribution in [0.2, 0.25) is 0 Å². The molecule has 43 valence electrons. The monoisotopic (exact) mass is 186 g/mol. The zero-order valence-electron chi connectivity index (χ0n) is 4.93. The van der Waals surface area contributed by atoms with Crippen molar-refractivity contribution in [1.82, 2.24) is 2.84 Å². The van der Waals surface area contributed by atoms with Crippen molar-refractivity contribution < 1.29 is 25.0 Å². The van der Waals surface area contributed by atoms with Gasteiger partial charge in [-0.25, -0.2) is 0 Å². The fourth-order valence-corrected chi connectivity index (χ4v) is 1.02. The summed E-state index contributed by atoms with van der Waals surface area (Å²) in [6.45, 7) is 9.20. The van der Waals surface area contributed by atoms with Gasteiger partial charge in [0.15, 0.2) is 0 Å².